The molecular formula is C21H26ClN3O3S2. The second-order valence-corrected chi connectivity index (χ2v) is 11.5. The van der Waals surface area contributed by atoms with Crippen LogP contribution in [0.15, 0.2) is 28.6 Å². The van der Waals surface area contributed by atoms with Gasteiger partial charge in [0.2, 0.25) is 0 Å². The van der Waals surface area contributed by atoms with Crippen LogP contribution in [0.25, 0.3) is 0 Å². The fourth-order valence-corrected chi connectivity index (χ4v) is 6.21. The number of aliphatic carboxylic acids is 1. The van der Waals surface area contributed by atoms with Gasteiger partial charge in [0.15, 0.2) is 5.13 Å². The maximum atomic E-state index is 12.7. The molecule has 1 aliphatic carbocycles. The van der Waals surface area contributed by atoms with Crippen LogP contribution in [-0.2, 0) is 4.79 Å². The summed E-state index contributed by atoms with van der Waals surface area (Å²) >= 11 is 8.93. The monoisotopic (exact) mass is 467 g/mol. The van der Waals surface area contributed by atoms with E-state index in [4.69, 9.17) is 11.6 Å². The molecule has 2 amide bonds. The summed E-state index contributed by atoms with van der Waals surface area (Å²) in [6.07, 6.45) is 4.39. The molecule has 1 fully saturated rings. The first kappa shape index (κ1) is 22.9. The number of anilines is 1. The van der Waals surface area contributed by atoms with Crippen molar-refractivity contribution in [2.75, 3.05) is 12.4 Å². The predicted octanol–water partition coefficient (Wildman–Crippen LogP) is 5.86. The van der Waals surface area contributed by atoms with Crippen LogP contribution in [0.1, 0.15) is 50.2 Å². The average Bonchev–Trinajstić information content (AvgIpc) is 3.30. The summed E-state index contributed by atoms with van der Waals surface area (Å²) in [5.41, 5.74) is 2.30. The molecular weight excluding hydrogens is 442 g/mol. The number of thioether (sulfide) groups is 1. The lowest BCUT2D eigenvalue weighted by Crippen LogP contribution is -2.38. The van der Waals surface area contributed by atoms with E-state index in [1.165, 1.54) is 23.1 Å². The summed E-state index contributed by atoms with van der Waals surface area (Å²) in [5, 5.41) is 13.4. The fraction of sp³-hybridized carbons (Fsp3) is 0.476. The van der Waals surface area contributed by atoms with Gasteiger partial charge < -0.3 is 10.0 Å². The smallest absolute Gasteiger partial charge is 0.323 e. The maximum absolute atomic E-state index is 12.7. The van der Waals surface area contributed by atoms with Crippen LogP contribution in [0.2, 0.25) is 5.02 Å². The molecule has 1 heterocycles. The van der Waals surface area contributed by atoms with E-state index in [1.807, 2.05) is 13.0 Å². The zero-order valence-corrected chi connectivity index (χ0v) is 19.8. The van der Waals surface area contributed by atoms with E-state index >= 15 is 0 Å². The fourth-order valence-electron chi connectivity index (χ4n) is 3.56. The Hall–Kier alpha value is -1.77. The molecule has 9 heteroatoms. The van der Waals surface area contributed by atoms with E-state index < -0.39 is 10.7 Å². The zero-order valence-electron chi connectivity index (χ0n) is 17.4. The number of rotatable bonds is 6. The summed E-state index contributed by atoms with van der Waals surface area (Å²) in [4.78, 5) is 30.0. The quantitative estimate of drug-likeness (QED) is 0.520. The zero-order chi connectivity index (χ0) is 22.1. The second kappa shape index (κ2) is 9.16. The normalized spacial score (nSPS) is 19.0. The molecule has 1 aromatic carbocycles. The van der Waals surface area contributed by atoms with E-state index in [1.54, 1.807) is 32.0 Å². The van der Waals surface area contributed by atoms with Gasteiger partial charge in [0.05, 0.1) is 10.4 Å². The van der Waals surface area contributed by atoms with Gasteiger partial charge in [-0.3, -0.25) is 10.1 Å². The number of urea groups is 1. The number of nitrogens with zero attached hydrogens (tertiary/aromatic N) is 2. The summed E-state index contributed by atoms with van der Waals surface area (Å²) < 4.78 is -0.212. The number of aryl methyl sites for hydroxylation is 1. The van der Waals surface area contributed by atoms with E-state index in [-0.39, 0.29) is 12.1 Å². The molecule has 2 atom stereocenters. The topological polar surface area (TPSA) is 82.5 Å². The summed E-state index contributed by atoms with van der Waals surface area (Å²) in [6, 6.07) is 6.09. The molecule has 162 valence electrons. The minimum absolute atomic E-state index is 0.132. The molecule has 30 heavy (non-hydrogen) atoms. The minimum Gasteiger partial charge on any atom is -0.480 e. The number of amides is 2. The van der Waals surface area contributed by atoms with Gasteiger partial charge in [0.1, 0.15) is 4.75 Å². The number of aromatic nitrogens is 1. The highest BCUT2D eigenvalue weighted by molar-refractivity contribution is 8.03. The lowest BCUT2D eigenvalue weighted by atomic mass is 9.96. The lowest BCUT2D eigenvalue weighted by Gasteiger charge is -2.24. The molecule has 6 nitrogen and oxygen atoms in total. The Kier molecular flexibility index (Phi) is 6.99. The highest BCUT2D eigenvalue weighted by Crippen LogP contribution is 2.40. The van der Waals surface area contributed by atoms with Crippen molar-refractivity contribution in [1.29, 1.82) is 0 Å². The van der Waals surface area contributed by atoms with Crippen LogP contribution in [0.4, 0.5) is 9.93 Å². The molecule has 2 N–H and O–H groups in total. The number of carboxylic acid groups (broad SMARTS) is 1. The number of carbonyl (C=O) groups is 2. The standard InChI is InChI=1S/C21H26ClN3O3S2/c1-12-5-8-15(16(22)9-12)13-6-7-14(10-13)25(4)20(28)24-19-23-11-17(29-19)30-21(2,3)18(26)27/h5,8-9,11,13-14H,6-7,10H2,1-4H3,(H,26,27)(H,23,24,28). The van der Waals surface area contributed by atoms with Crippen molar-refractivity contribution < 1.29 is 14.7 Å². The summed E-state index contributed by atoms with van der Waals surface area (Å²) in [7, 11) is 1.80. The molecule has 1 aromatic heterocycles. The third kappa shape index (κ3) is 5.28. The third-order valence-electron chi connectivity index (χ3n) is 5.44. The highest BCUT2D eigenvalue weighted by atomic mass is 35.5. The summed E-state index contributed by atoms with van der Waals surface area (Å²) in [6.45, 7) is 5.31. The third-order valence-corrected chi connectivity index (χ3v) is 7.96. The number of hydrogen-bond acceptors (Lipinski definition) is 5. The minimum atomic E-state index is -0.958. The number of carboxylic acids is 1. The average molecular weight is 468 g/mol. The Bertz CT molecular complexity index is 947. The first-order valence-corrected chi connectivity index (χ1v) is 11.8. The molecule has 0 aliphatic heterocycles. The van der Waals surface area contributed by atoms with Crippen LogP contribution in [0, 0.1) is 6.92 Å². The largest absolute Gasteiger partial charge is 0.480 e. The van der Waals surface area contributed by atoms with Crippen LogP contribution >= 0.6 is 34.7 Å². The molecule has 0 spiro atoms. The van der Waals surface area contributed by atoms with Crippen LogP contribution in [0.3, 0.4) is 0 Å². The molecule has 1 aliphatic rings. The van der Waals surface area contributed by atoms with Crippen LogP contribution in [0.5, 0.6) is 0 Å². The number of hydrogen-bond donors (Lipinski definition) is 2. The Balaban J connectivity index is 1.58. The number of halogens is 1. The van der Waals surface area contributed by atoms with Crippen LogP contribution < -0.4 is 5.32 Å². The van der Waals surface area contributed by atoms with Gasteiger partial charge in [-0.15, -0.1) is 0 Å². The molecule has 0 saturated heterocycles. The Morgan fingerprint density at radius 1 is 1.37 bits per heavy atom. The second-order valence-electron chi connectivity index (χ2n) is 8.13. The van der Waals surface area contributed by atoms with Crippen molar-refractivity contribution in [3.8, 4) is 0 Å². The van der Waals surface area contributed by atoms with E-state index in [2.05, 4.69) is 22.4 Å². The van der Waals surface area contributed by atoms with E-state index in [9.17, 15) is 14.7 Å². The van der Waals surface area contributed by atoms with Gasteiger partial charge in [-0.2, -0.15) is 0 Å². The van der Waals surface area contributed by atoms with Crippen molar-refractivity contribution in [2.24, 2.45) is 0 Å². The van der Waals surface area contributed by atoms with Crippen molar-refractivity contribution in [1.82, 2.24) is 9.88 Å². The van der Waals surface area contributed by atoms with Crippen LogP contribution in [-0.4, -0.2) is 44.8 Å². The van der Waals surface area contributed by atoms with Gasteiger partial charge in [-0.1, -0.05) is 46.8 Å². The highest BCUT2D eigenvalue weighted by Gasteiger charge is 2.32. The lowest BCUT2D eigenvalue weighted by molar-refractivity contribution is -0.138. The molecule has 2 aromatic rings. The van der Waals surface area contributed by atoms with Crippen molar-refractivity contribution in [3.05, 3.63) is 40.5 Å². The SMILES string of the molecule is Cc1ccc(C2CCC(N(C)C(=O)Nc3ncc(SC(C)(C)C(=O)O)s3)C2)c(Cl)c1. The Labute approximate surface area is 190 Å². The van der Waals surface area contributed by atoms with Gasteiger partial charge in [-0.05, 0) is 63.1 Å². The predicted molar refractivity (Wildman–Crippen MR) is 123 cm³/mol. The summed E-state index contributed by atoms with van der Waals surface area (Å²) in [5.74, 6) is -0.546. The molecule has 2 unspecified atom stereocenters. The molecule has 1 saturated carbocycles. The molecule has 0 radical (unpaired) electrons. The Morgan fingerprint density at radius 3 is 2.77 bits per heavy atom. The number of carbonyl (C=O) groups excluding carboxylic acids is 1. The van der Waals surface area contributed by atoms with E-state index in [0.29, 0.717) is 11.0 Å². The maximum Gasteiger partial charge on any atom is 0.323 e. The van der Waals surface area contributed by atoms with E-state index in [0.717, 1.165) is 39.6 Å². The van der Waals surface area contributed by atoms with Crippen molar-refractivity contribution in [3.63, 3.8) is 0 Å². The molecule has 0 bridgehead atoms. The number of thiazole rings is 1. The van der Waals surface area contributed by atoms with Gasteiger partial charge in [-0.25, -0.2) is 9.78 Å². The molecule has 3 rings (SSSR count). The number of benzene rings is 1. The number of nitrogens with one attached hydrogen (secondary N) is 1. The van der Waals surface area contributed by atoms with Gasteiger partial charge >= 0.3 is 12.0 Å². The van der Waals surface area contributed by atoms with Gasteiger partial charge in [0, 0.05) is 18.1 Å². The first-order chi connectivity index (χ1) is 14.1. The van der Waals surface area contributed by atoms with Crippen molar-refractivity contribution in [2.45, 2.75) is 60.9 Å². The van der Waals surface area contributed by atoms with Gasteiger partial charge in [0.25, 0.3) is 0 Å². The van der Waals surface area contributed by atoms with Crippen molar-refractivity contribution >= 4 is 51.8 Å². The Morgan fingerprint density at radius 2 is 2.10 bits per heavy atom. The first-order valence-electron chi connectivity index (χ1n) is 9.75.